The summed E-state index contributed by atoms with van der Waals surface area (Å²) in [5.41, 5.74) is 6.07. The molecule has 0 aliphatic rings. The number of para-hydroxylation sites is 1. The summed E-state index contributed by atoms with van der Waals surface area (Å²) in [5.74, 6) is 0.190. The Morgan fingerprint density at radius 3 is 2.74 bits per heavy atom. The highest BCUT2D eigenvalue weighted by Crippen LogP contribution is 2.37. The first-order valence-corrected chi connectivity index (χ1v) is 5.75. The molecule has 7 heteroatoms. The van der Waals surface area contributed by atoms with E-state index in [-0.39, 0.29) is 22.3 Å². The number of ether oxygens (including phenoxy) is 1. The maximum absolute atomic E-state index is 10.9. The Kier molecular flexibility index (Phi) is 3.94. The molecule has 0 aliphatic carbocycles. The SMILES string of the molecule is NCc1ccc(Oc2c(Cl)cccc2[N+](=O)[O-])nc1. The highest BCUT2D eigenvalue weighted by atomic mass is 35.5. The van der Waals surface area contributed by atoms with Crippen molar-refractivity contribution in [1.29, 1.82) is 0 Å². The summed E-state index contributed by atoms with van der Waals surface area (Å²) in [6.07, 6.45) is 1.54. The third-order valence-electron chi connectivity index (χ3n) is 2.38. The second-order valence-electron chi connectivity index (χ2n) is 3.66. The van der Waals surface area contributed by atoms with Crippen LogP contribution in [0.4, 0.5) is 5.69 Å². The van der Waals surface area contributed by atoms with Gasteiger partial charge in [0.2, 0.25) is 11.6 Å². The van der Waals surface area contributed by atoms with Crippen LogP contribution in [0.5, 0.6) is 11.6 Å². The third kappa shape index (κ3) is 2.98. The van der Waals surface area contributed by atoms with Gasteiger partial charge >= 0.3 is 5.69 Å². The molecule has 0 spiro atoms. The first kappa shape index (κ1) is 13.3. The number of pyridine rings is 1. The molecule has 19 heavy (non-hydrogen) atoms. The molecule has 0 saturated carbocycles. The second kappa shape index (κ2) is 5.64. The van der Waals surface area contributed by atoms with E-state index >= 15 is 0 Å². The summed E-state index contributed by atoms with van der Waals surface area (Å²) < 4.78 is 5.38. The van der Waals surface area contributed by atoms with E-state index in [0.29, 0.717) is 6.54 Å². The molecule has 1 aromatic heterocycles. The van der Waals surface area contributed by atoms with Gasteiger partial charge in [0.05, 0.1) is 9.95 Å². The number of nitro groups is 1. The number of hydrogen-bond acceptors (Lipinski definition) is 5. The Morgan fingerprint density at radius 1 is 1.37 bits per heavy atom. The van der Waals surface area contributed by atoms with Crippen LogP contribution >= 0.6 is 11.6 Å². The van der Waals surface area contributed by atoms with E-state index in [4.69, 9.17) is 22.1 Å². The largest absolute Gasteiger partial charge is 0.430 e. The quantitative estimate of drug-likeness (QED) is 0.686. The molecule has 6 nitrogen and oxygen atoms in total. The summed E-state index contributed by atoms with van der Waals surface area (Å²) in [6, 6.07) is 7.62. The zero-order chi connectivity index (χ0) is 13.8. The highest BCUT2D eigenvalue weighted by molar-refractivity contribution is 6.32. The molecule has 0 aliphatic heterocycles. The maximum Gasteiger partial charge on any atom is 0.313 e. The predicted molar refractivity (Wildman–Crippen MR) is 70.3 cm³/mol. The van der Waals surface area contributed by atoms with Gasteiger partial charge in [-0.3, -0.25) is 10.1 Å². The van der Waals surface area contributed by atoms with Crippen molar-refractivity contribution in [3.8, 4) is 11.6 Å². The Hall–Kier alpha value is -2.18. The molecule has 98 valence electrons. The van der Waals surface area contributed by atoms with Gasteiger partial charge in [-0.2, -0.15) is 0 Å². The Balaban J connectivity index is 2.34. The van der Waals surface area contributed by atoms with Crippen molar-refractivity contribution in [2.45, 2.75) is 6.54 Å². The lowest BCUT2D eigenvalue weighted by Crippen LogP contribution is -1.98. The van der Waals surface area contributed by atoms with Gasteiger partial charge in [-0.1, -0.05) is 23.7 Å². The molecule has 1 heterocycles. The number of nitrogens with zero attached hydrogens (tertiary/aromatic N) is 2. The predicted octanol–water partition coefficient (Wildman–Crippen LogP) is 2.89. The zero-order valence-corrected chi connectivity index (χ0v) is 10.5. The van der Waals surface area contributed by atoms with E-state index in [2.05, 4.69) is 4.98 Å². The Labute approximate surface area is 113 Å². The average molecular weight is 280 g/mol. The van der Waals surface area contributed by atoms with Crippen LogP contribution in [-0.4, -0.2) is 9.91 Å². The van der Waals surface area contributed by atoms with Crippen molar-refractivity contribution < 1.29 is 9.66 Å². The summed E-state index contributed by atoms with van der Waals surface area (Å²) in [6.45, 7) is 0.361. The van der Waals surface area contributed by atoms with Crippen LogP contribution in [0.2, 0.25) is 5.02 Å². The summed E-state index contributed by atoms with van der Waals surface area (Å²) in [4.78, 5) is 14.3. The standard InChI is InChI=1S/C12H10ClN3O3/c13-9-2-1-3-10(16(17)18)12(9)19-11-5-4-8(6-14)7-15-11/h1-5,7H,6,14H2. The molecule has 2 aromatic rings. The van der Waals surface area contributed by atoms with Crippen molar-refractivity contribution >= 4 is 17.3 Å². The van der Waals surface area contributed by atoms with Crippen LogP contribution in [0.1, 0.15) is 5.56 Å². The highest BCUT2D eigenvalue weighted by Gasteiger charge is 2.19. The van der Waals surface area contributed by atoms with Gasteiger partial charge in [-0.05, 0) is 11.6 Å². The normalized spacial score (nSPS) is 10.2. The van der Waals surface area contributed by atoms with E-state index in [1.807, 2.05) is 0 Å². The van der Waals surface area contributed by atoms with Gasteiger partial charge in [-0.15, -0.1) is 0 Å². The fourth-order valence-corrected chi connectivity index (χ4v) is 1.65. The van der Waals surface area contributed by atoms with Gasteiger partial charge in [0.15, 0.2) is 0 Å². The fourth-order valence-electron chi connectivity index (χ4n) is 1.44. The first-order chi connectivity index (χ1) is 9.11. The number of benzene rings is 1. The number of halogens is 1. The van der Waals surface area contributed by atoms with Crippen molar-refractivity contribution in [2.75, 3.05) is 0 Å². The van der Waals surface area contributed by atoms with Crippen LogP contribution in [-0.2, 0) is 6.54 Å². The van der Waals surface area contributed by atoms with Crippen LogP contribution in [0.15, 0.2) is 36.5 Å². The molecule has 0 unspecified atom stereocenters. The average Bonchev–Trinajstić information content (AvgIpc) is 2.41. The van der Waals surface area contributed by atoms with Gasteiger partial charge in [0.25, 0.3) is 0 Å². The monoisotopic (exact) mass is 279 g/mol. The van der Waals surface area contributed by atoms with E-state index in [1.54, 1.807) is 12.1 Å². The number of aromatic nitrogens is 1. The molecule has 0 radical (unpaired) electrons. The zero-order valence-electron chi connectivity index (χ0n) is 9.75. The van der Waals surface area contributed by atoms with Crippen LogP contribution in [0.3, 0.4) is 0 Å². The lowest BCUT2D eigenvalue weighted by molar-refractivity contribution is -0.385. The summed E-state index contributed by atoms with van der Waals surface area (Å²) in [7, 11) is 0. The lowest BCUT2D eigenvalue weighted by atomic mass is 10.3. The molecule has 0 saturated heterocycles. The van der Waals surface area contributed by atoms with E-state index in [9.17, 15) is 10.1 Å². The Bertz CT molecular complexity index is 602. The molecular formula is C12H10ClN3O3. The van der Waals surface area contributed by atoms with E-state index in [0.717, 1.165) is 5.56 Å². The maximum atomic E-state index is 10.9. The Morgan fingerprint density at radius 2 is 2.16 bits per heavy atom. The van der Waals surface area contributed by atoms with Crippen molar-refractivity contribution in [3.63, 3.8) is 0 Å². The minimum Gasteiger partial charge on any atom is -0.430 e. The van der Waals surface area contributed by atoms with Gasteiger partial charge in [0.1, 0.15) is 0 Å². The number of rotatable bonds is 4. The first-order valence-electron chi connectivity index (χ1n) is 5.37. The lowest BCUT2D eigenvalue weighted by Gasteiger charge is -2.07. The minimum atomic E-state index is -0.560. The summed E-state index contributed by atoms with van der Waals surface area (Å²) >= 11 is 5.90. The van der Waals surface area contributed by atoms with Gasteiger partial charge in [0, 0.05) is 24.9 Å². The minimum absolute atomic E-state index is 0.0258. The molecule has 0 amide bonds. The van der Waals surface area contributed by atoms with Gasteiger partial charge < -0.3 is 10.5 Å². The summed E-state index contributed by atoms with van der Waals surface area (Å²) in [5, 5.41) is 11.0. The van der Waals surface area contributed by atoms with E-state index in [1.165, 1.54) is 24.4 Å². The van der Waals surface area contributed by atoms with Crippen LogP contribution < -0.4 is 10.5 Å². The smallest absolute Gasteiger partial charge is 0.313 e. The van der Waals surface area contributed by atoms with Crippen molar-refractivity contribution in [3.05, 3.63) is 57.2 Å². The molecule has 0 bridgehead atoms. The third-order valence-corrected chi connectivity index (χ3v) is 2.68. The second-order valence-corrected chi connectivity index (χ2v) is 4.06. The van der Waals surface area contributed by atoms with Crippen LogP contribution in [0, 0.1) is 10.1 Å². The van der Waals surface area contributed by atoms with Crippen LogP contribution in [0.25, 0.3) is 0 Å². The number of hydrogen-bond donors (Lipinski definition) is 1. The molecule has 2 N–H and O–H groups in total. The molecular weight excluding hydrogens is 270 g/mol. The topological polar surface area (TPSA) is 91.3 Å². The molecule has 2 rings (SSSR count). The van der Waals surface area contributed by atoms with E-state index < -0.39 is 4.92 Å². The van der Waals surface area contributed by atoms with Crippen molar-refractivity contribution in [1.82, 2.24) is 4.98 Å². The van der Waals surface area contributed by atoms with Gasteiger partial charge in [-0.25, -0.2) is 4.98 Å². The molecule has 1 aromatic carbocycles. The number of nitro benzene ring substituents is 1. The fraction of sp³-hybridized carbons (Fsp3) is 0.0833. The molecule has 0 atom stereocenters. The number of nitrogens with two attached hydrogens (primary N) is 1. The molecule has 0 fully saturated rings. The van der Waals surface area contributed by atoms with Crippen molar-refractivity contribution in [2.24, 2.45) is 5.73 Å².